The zero-order valence-corrected chi connectivity index (χ0v) is 14.1. The molecule has 0 N–H and O–H groups in total. The molecule has 2 aromatic heterocycles. The molecule has 4 aromatic rings. The third kappa shape index (κ3) is 2.21. The second-order valence-corrected chi connectivity index (χ2v) is 6.22. The molecular weight excluding hydrogens is 327 g/mol. The maximum Gasteiger partial charge on any atom is 0.229 e. The molecule has 3 nitrogen and oxygen atoms in total. The van der Waals surface area contributed by atoms with Gasteiger partial charge in [0.1, 0.15) is 24.0 Å². The predicted molar refractivity (Wildman–Crippen MR) is 101 cm³/mol. The SMILES string of the molecule is [2H]C([2H])([2H])c1c[n+](C)c(-c2c(C)cc(C([2H])([2H])[2H])c3c2oc2c([N+]#[C-])cccc23)cc1F. The number of para-hydroxylation sites is 1. The van der Waals surface area contributed by atoms with Crippen LogP contribution in [0.4, 0.5) is 10.1 Å². The quantitative estimate of drug-likeness (QED) is 0.319. The molecule has 4 rings (SSSR count). The van der Waals surface area contributed by atoms with Gasteiger partial charge in [0.05, 0.1) is 12.1 Å². The van der Waals surface area contributed by atoms with E-state index in [0.717, 1.165) is 6.07 Å². The third-order valence-corrected chi connectivity index (χ3v) is 4.55. The highest BCUT2D eigenvalue weighted by Crippen LogP contribution is 2.41. The third-order valence-electron chi connectivity index (χ3n) is 4.55. The minimum Gasteiger partial charge on any atom is -0.466 e. The van der Waals surface area contributed by atoms with E-state index in [1.807, 2.05) is 0 Å². The van der Waals surface area contributed by atoms with Crippen LogP contribution in [0.5, 0.6) is 0 Å². The van der Waals surface area contributed by atoms with Gasteiger partial charge in [-0.3, -0.25) is 0 Å². The molecule has 0 spiro atoms. The van der Waals surface area contributed by atoms with Crippen LogP contribution >= 0.6 is 0 Å². The van der Waals surface area contributed by atoms with Crippen molar-refractivity contribution in [2.24, 2.45) is 7.05 Å². The summed E-state index contributed by atoms with van der Waals surface area (Å²) in [5.41, 5.74) is 1.59. The average molecular weight is 351 g/mol. The number of nitrogens with zero attached hydrogens (tertiary/aromatic N) is 2. The van der Waals surface area contributed by atoms with E-state index in [9.17, 15) is 4.39 Å². The molecule has 0 fully saturated rings. The molecule has 2 heterocycles. The Kier molecular flexibility index (Phi) is 2.34. The van der Waals surface area contributed by atoms with Gasteiger partial charge in [0.25, 0.3) is 0 Å². The van der Waals surface area contributed by atoms with Crippen molar-refractivity contribution in [1.29, 1.82) is 0 Å². The molecule has 0 bridgehead atoms. The first-order valence-electron chi connectivity index (χ1n) is 10.9. The van der Waals surface area contributed by atoms with Gasteiger partial charge in [-0.05, 0) is 31.8 Å². The average Bonchev–Trinajstić information content (AvgIpc) is 3.06. The lowest BCUT2D eigenvalue weighted by molar-refractivity contribution is -0.661. The molecular formula is C22H18FN2O+. The Morgan fingerprint density at radius 1 is 1.15 bits per heavy atom. The van der Waals surface area contributed by atoms with E-state index >= 15 is 0 Å². The monoisotopic (exact) mass is 351 g/mol. The molecule has 0 saturated carbocycles. The Balaban J connectivity index is 2.19. The molecule has 0 aliphatic carbocycles. The van der Waals surface area contributed by atoms with E-state index in [4.69, 9.17) is 19.2 Å². The molecule has 128 valence electrons. The van der Waals surface area contributed by atoms with Gasteiger partial charge in [0.2, 0.25) is 11.4 Å². The Labute approximate surface area is 159 Å². The van der Waals surface area contributed by atoms with Crippen molar-refractivity contribution in [3.63, 3.8) is 0 Å². The zero-order chi connectivity index (χ0) is 23.6. The summed E-state index contributed by atoms with van der Waals surface area (Å²) in [6, 6.07) is 7.53. The number of halogens is 1. The normalized spacial score (nSPS) is 15.6. The van der Waals surface area contributed by atoms with Crippen LogP contribution in [0.1, 0.15) is 24.9 Å². The molecule has 0 amide bonds. The minimum atomic E-state index is -2.63. The van der Waals surface area contributed by atoms with Gasteiger partial charge in [0, 0.05) is 30.6 Å². The highest BCUT2D eigenvalue weighted by Gasteiger charge is 2.24. The van der Waals surface area contributed by atoms with Crippen LogP contribution in [-0.2, 0) is 7.05 Å². The summed E-state index contributed by atoms with van der Waals surface area (Å²) in [6.45, 7) is 4.03. The van der Waals surface area contributed by atoms with E-state index in [1.54, 1.807) is 32.2 Å². The fourth-order valence-corrected chi connectivity index (χ4v) is 3.37. The Morgan fingerprint density at radius 3 is 2.69 bits per heavy atom. The van der Waals surface area contributed by atoms with Crippen molar-refractivity contribution in [2.45, 2.75) is 20.6 Å². The zero-order valence-electron chi connectivity index (χ0n) is 20.1. The maximum atomic E-state index is 14.8. The molecule has 2 aromatic carbocycles. The van der Waals surface area contributed by atoms with Gasteiger partial charge in [-0.15, -0.1) is 0 Å². The number of fused-ring (bicyclic) bond motifs is 3. The lowest BCUT2D eigenvalue weighted by Crippen LogP contribution is -2.31. The molecule has 0 saturated heterocycles. The summed E-state index contributed by atoms with van der Waals surface area (Å²) in [6.07, 6.45) is 1.20. The molecule has 26 heavy (non-hydrogen) atoms. The first-order chi connectivity index (χ1) is 14.8. The Bertz CT molecular complexity index is 1440. The summed E-state index contributed by atoms with van der Waals surface area (Å²) in [4.78, 5) is 3.47. The molecule has 0 unspecified atom stereocenters. The van der Waals surface area contributed by atoms with Crippen LogP contribution in [0.3, 0.4) is 0 Å². The number of hydrogen-bond donors (Lipinski definition) is 0. The highest BCUT2D eigenvalue weighted by molar-refractivity contribution is 6.14. The molecule has 0 atom stereocenters. The largest absolute Gasteiger partial charge is 0.466 e. The number of hydrogen-bond acceptors (Lipinski definition) is 1. The van der Waals surface area contributed by atoms with Crippen LogP contribution in [-0.4, -0.2) is 0 Å². The summed E-state index contributed by atoms with van der Waals surface area (Å²) >= 11 is 0. The van der Waals surface area contributed by atoms with Crippen molar-refractivity contribution >= 4 is 27.6 Å². The number of pyridine rings is 1. The summed E-state index contributed by atoms with van der Waals surface area (Å²) < 4.78 is 69.0. The summed E-state index contributed by atoms with van der Waals surface area (Å²) in [7, 11) is 1.58. The first-order valence-corrected chi connectivity index (χ1v) is 7.91. The molecule has 4 heteroatoms. The van der Waals surface area contributed by atoms with Gasteiger partial charge in [-0.1, -0.05) is 24.3 Å². The van der Waals surface area contributed by atoms with Crippen LogP contribution in [0, 0.1) is 33.0 Å². The van der Waals surface area contributed by atoms with E-state index in [-0.39, 0.29) is 22.4 Å². The van der Waals surface area contributed by atoms with Crippen molar-refractivity contribution in [1.82, 2.24) is 0 Å². The molecule has 0 radical (unpaired) electrons. The number of furan rings is 1. The van der Waals surface area contributed by atoms with Crippen molar-refractivity contribution < 1.29 is 21.6 Å². The lowest BCUT2D eigenvalue weighted by atomic mass is 9.96. The smallest absolute Gasteiger partial charge is 0.229 e. The number of rotatable bonds is 1. The summed E-state index contributed by atoms with van der Waals surface area (Å²) in [5, 5.41) is 0.800. The number of aryl methyl sites for hydroxylation is 4. The Morgan fingerprint density at radius 2 is 1.96 bits per heavy atom. The fourth-order valence-electron chi connectivity index (χ4n) is 3.37. The minimum absolute atomic E-state index is 0.0665. The number of aromatic nitrogens is 1. The van der Waals surface area contributed by atoms with Crippen LogP contribution in [0.2, 0.25) is 0 Å². The predicted octanol–water partition coefficient (Wildman–Crippen LogP) is 5.69. The lowest BCUT2D eigenvalue weighted by Gasteiger charge is -2.08. The second kappa shape index (κ2) is 5.67. The van der Waals surface area contributed by atoms with E-state index in [1.165, 1.54) is 16.8 Å². The van der Waals surface area contributed by atoms with Gasteiger partial charge in [-0.25, -0.2) is 13.8 Å². The van der Waals surface area contributed by atoms with Crippen molar-refractivity contribution in [3.8, 4) is 11.3 Å². The van der Waals surface area contributed by atoms with Crippen LogP contribution in [0.15, 0.2) is 40.9 Å². The van der Waals surface area contributed by atoms with E-state index in [0.29, 0.717) is 27.6 Å². The summed E-state index contributed by atoms with van der Waals surface area (Å²) in [5.74, 6) is -0.900. The number of benzene rings is 2. The second-order valence-electron chi connectivity index (χ2n) is 6.22. The molecule has 0 aliphatic rings. The maximum absolute atomic E-state index is 14.8. The van der Waals surface area contributed by atoms with E-state index < -0.39 is 25.1 Å². The fraction of sp³-hybridized carbons (Fsp3) is 0.182. The first kappa shape index (κ1) is 10.7. The topological polar surface area (TPSA) is 21.4 Å². The van der Waals surface area contributed by atoms with Crippen LogP contribution in [0.25, 0.3) is 38.0 Å². The Hall–Kier alpha value is -3.19. The van der Waals surface area contributed by atoms with Crippen molar-refractivity contribution in [3.05, 3.63) is 70.5 Å². The van der Waals surface area contributed by atoms with Crippen LogP contribution < -0.4 is 4.57 Å². The molecule has 0 aliphatic heterocycles. The van der Waals surface area contributed by atoms with Gasteiger partial charge < -0.3 is 4.42 Å². The highest BCUT2D eigenvalue weighted by atomic mass is 19.1. The van der Waals surface area contributed by atoms with Gasteiger partial charge in [-0.2, -0.15) is 0 Å². The van der Waals surface area contributed by atoms with Gasteiger partial charge >= 0.3 is 0 Å². The van der Waals surface area contributed by atoms with E-state index in [2.05, 4.69) is 4.85 Å². The van der Waals surface area contributed by atoms with Gasteiger partial charge in [0.15, 0.2) is 6.20 Å². The standard InChI is InChI=1S/C22H18FN2O/c1-12-9-13(2)20(18-10-16(23)14(3)11-25(18)5)22-19(12)15-7-6-8-17(24-4)21(15)26-22/h6-11H,1-3,5H3/q+1/i1D3,3D3. The van der Waals surface area contributed by atoms with Crippen molar-refractivity contribution in [2.75, 3.05) is 0 Å².